The van der Waals surface area contributed by atoms with Crippen molar-refractivity contribution < 1.29 is 13.9 Å². The van der Waals surface area contributed by atoms with Gasteiger partial charge in [0.2, 0.25) is 5.88 Å². The molecule has 6 nitrogen and oxygen atoms in total. The smallest absolute Gasteiger partial charge is 0.256 e. The highest BCUT2D eigenvalue weighted by Gasteiger charge is 2.26. The molecule has 2 aromatic heterocycles. The first-order valence-electron chi connectivity index (χ1n) is 8.43. The highest BCUT2D eigenvalue weighted by Crippen LogP contribution is 2.25. The van der Waals surface area contributed by atoms with E-state index < -0.39 is 0 Å². The van der Waals surface area contributed by atoms with E-state index in [1.165, 1.54) is 12.8 Å². The molecular formula is C18H23N3O3. The molecule has 1 unspecified atom stereocenters. The average Bonchev–Trinajstić information content (AvgIpc) is 3.30. The van der Waals surface area contributed by atoms with Crippen LogP contribution in [0.3, 0.4) is 0 Å². The second kappa shape index (κ2) is 7.97. The lowest BCUT2D eigenvalue weighted by molar-refractivity contribution is 0.0929. The zero-order chi connectivity index (χ0) is 16.8. The minimum absolute atomic E-state index is 0.0543. The summed E-state index contributed by atoms with van der Waals surface area (Å²) in [7, 11) is 0. The van der Waals surface area contributed by atoms with E-state index in [4.69, 9.17) is 9.15 Å². The Labute approximate surface area is 141 Å². The van der Waals surface area contributed by atoms with E-state index in [9.17, 15) is 4.79 Å². The summed E-state index contributed by atoms with van der Waals surface area (Å²) in [6.45, 7) is 4.89. The molecule has 0 aliphatic carbocycles. The van der Waals surface area contributed by atoms with Gasteiger partial charge in [-0.05, 0) is 57.1 Å². The molecule has 1 aliphatic rings. The predicted octanol–water partition coefficient (Wildman–Crippen LogP) is 2.64. The monoisotopic (exact) mass is 329 g/mol. The Bertz CT molecular complexity index is 651. The van der Waals surface area contributed by atoms with Gasteiger partial charge in [0.25, 0.3) is 5.91 Å². The summed E-state index contributed by atoms with van der Waals surface area (Å²) >= 11 is 0. The third kappa shape index (κ3) is 3.76. The van der Waals surface area contributed by atoms with Crippen LogP contribution in [0.4, 0.5) is 0 Å². The molecule has 0 radical (unpaired) electrons. The number of furan rings is 1. The minimum atomic E-state index is -0.178. The molecule has 1 amide bonds. The van der Waals surface area contributed by atoms with Crippen LogP contribution < -0.4 is 10.1 Å². The molecule has 6 heteroatoms. The topological polar surface area (TPSA) is 67.6 Å². The van der Waals surface area contributed by atoms with E-state index in [0.717, 1.165) is 18.8 Å². The van der Waals surface area contributed by atoms with Gasteiger partial charge in [0.15, 0.2) is 0 Å². The Hall–Kier alpha value is -2.34. The highest BCUT2D eigenvalue weighted by atomic mass is 16.5. The van der Waals surface area contributed by atoms with E-state index in [0.29, 0.717) is 24.6 Å². The number of rotatable bonds is 7. The maximum atomic E-state index is 12.5. The Kier molecular flexibility index (Phi) is 5.48. The van der Waals surface area contributed by atoms with Gasteiger partial charge >= 0.3 is 0 Å². The zero-order valence-corrected chi connectivity index (χ0v) is 13.9. The maximum Gasteiger partial charge on any atom is 0.256 e. The third-order valence-corrected chi connectivity index (χ3v) is 4.21. The van der Waals surface area contributed by atoms with E-state index in [2.05, 4.69) is 15.2 Å². The van der Waals surface area contributed by atoms with Gasteiger partial charge in [-0.25, -0.2) is 4.98 Å². The van der Waals surface area contributed by atoms with Crippen LogP contribution in [0.2, 0.25) is 0 Å². The molecule has 0 spiro atoms. The van der Waals surface area contributed by atoms with Crippen molar-refractivity contribution in [3.63, 3.8) is 0 Å². The van der Waals surface area contributed by atoms with Crippen molar-refractivity contribution in [1.29, 1.82) is 0 Å². The van der Waals surface area contributed by atoms with Crippen molar-refractivity contribution in [3.05, 3.63) is 48.0 Å². The number of hydrogen-bond donors (Lipinski definition) is 1. The van der Waals surface area contributed by atoms with E-state index in [1.807, 2.05) is 19.1 Å². The van der Waals surface area contributed by atoms with Crippen LogP contribution in [-0.2, 0) is 0 Å². The van der Waals surface area contributed by atoms with Gasteiger partial charge in [-0.1, -0.05) is 0 Å². The summed E-state index contributed by atoms with van der Waals surface area (Å²) in [6, 6.07) is 7.37. The average molecular weight is 329 g/mol. The number of aromatic nitrogens is 1. The normalized spacial score (nSPS) is 16.0. The number of hydrogen-bond acceptors (Lipinski definition) is 5. The number of likely N-dealkylation sites (tertiary alicyclic amines) is 1. The zero-order valence-electron chi connectivity index (χ0n) is 13.9. The number of ether oxygens (including phenoxy) is 1. The molecule has 3 rings (SSSR count). The first-order valence-corrected chi connectivity index (χ1v) is 8.43. The van der Waals surface area contributed by atoms with Crippen molar-refractivity contribution in [2.75, 3.05) is 26.2 Å². The molecule has 1 saturated heterocycles. The number of nitrogens with zero attached hydrogens (tertiary/aromatic N) is 2. The van der Waals surface area contributed by atoms with Crippen LogP contribution in [-0.4, -0.2) is 42.0 Å². The first-order chi connectivity index (χ1) is 11.8. The largest absolute Gasteiger partial charge is 0.477 e. The lowest BCUT2D eigenvalue weighted by Crippen LogP contribution is -2.36. The number of pyridine rings is 1. The molecule has 24 heavy (non-hydrogen) atoms. The molecular weight excluding hydrogens is 306 g/mol. The van der Waals surface area contributed by atoms with Gasteiger partial charge in [-0.3, -0.25) is 9.69 Å². The fourth-order valence-electron chi connectivity index (χ4n) is 3.04. The van der Waals surface area contributed by atoms with Crippen molar-refractivity contribution in [1.82, 2.24) is 15.2 Å². The molecule has 1 atom stereocenters. The molecule has 0 bridgehead atoms. The fourth-order valence-corrected chi connectivity index (χ4v) is 3.04. The maximum absolute atomic E-state index is 12.5. The number of nitrogens with one attached hydrogen (secondary N) is 1. The van der Waals surface area contributed by atoms with Crippen molar-refractivity contribution in [3.8, 4) is 5.88 Å². The standard InChI is InChI=1S/C18H23N3O3/c1-2-23-18-14(7-5-9-19-18)17(22)20-13-15(16-8-6-12-24-16)21-10-3-4-11-21/h5-9,12,15H,2-4,10-11,13H2,1H3,(H,20,22). The van der Waals surface area contributed by atoms with Crippen LogP contribution in [0, 0.1) is 0 Å². The number of carbonyl (C=O) groups excluding carboxylic acids is 1. The molecule has 128 valence electrons. The van der Waals surface area contributed by atoms with E-state index >= 15 is 0 Å². The molecule has 0 saturated carbocycles. The van der Waals surface area contributed by atoms with Gasteiger partial charge < -0.3 is 14.5 Å². The van der Waals surface area contributed by atoms with Gasteiger partial charge in [0, 0.05) is 12.7 Å². The summed E-state index contributed by atoms with van der Waals surface area (Å²) in [5.74, 6) is 1.07. The van der Waals surface area contributed by atoms with E-state index in [1.54, 1.807) is 24.6 Å². The van der Waals surface area contributed by atoms with Crippen molar-refractivity contribution >= 4 is 5.91 Å². The lowest BCUT2D eigenvalue weighted by atomic mass is 10.2. The first kappa shape index (κ1) is 16.5. The Balaban J connectivity index is 1.69. The Morgan fingerprint density at radius 1 is 1.38 bits per heavy atom. The summed E-state index contributed by atoms with van der Waals surface area (Å²) < 4.78 is 11.0. The lowest BCUT2D eigenvalue weighted by Gasteiger charge is -2.26. The van der Waals surface area contributed by atoms with Crippen LogP contribution in [0.15, 0.2) is 41.1 Å². The predicted molar refractivity (Wildman–Crippen MR) is 90.0 cm³/mol. The molecule has 3 heterocycles. The fraction of sp³-hybridized carbons (Fsp3) is 0.444. The molecule has 0 aromatic carbocycles. The third-order valence-electron chi connectivity index (χ3n) is 4.21. The van der Waals surface area contributed by atoms with Gasteiger partial charge in [0.05, 0.1) is 18.9 Å². The molecule has 2 aromatic rings. The molecule has 1 aliphatic heterocycles. The SMILES string of the molecule is CCOc1ncccc1C(=O)NCC(c1ccco1)N1CCCC1. The van der Waals surface area contributed by atoms with E-state index in [-0.39, 0.29) is 11.9 Å². The summed E-state index contributed by atoms with van der Waals surface area (Å²) in [6.07, 6.45) is 5.66. The Morgan fingerprint density at radius 2 is 2.21 bits per heavy atom. The quantitative estimate of drug-likeness (QED) is 0.846. The summed E-state index contributed by atoms with van der Waals surface area (Å²) in [4.78, 5) is 19.0. The molecule has 1 N–H and O–H groups in total. The van der Waals surface area contributed by atoms with Crippen LogP contribution in [0.5, 0.6) is 5.88 Å². The van der Waals surface area contributed by atoms with Crippen LogP contribution in [0.25, 0.3) is 0 Å². The van der Waals surface area contributed by atoms with Crippen LogP contribution in [0.1, 0.15) is 41.9 Å². The number of amides is 1. The van der Waals surface area contributed by atoms with Gasteiger partial charge in [-0.15, -0.1) is 0 Å². The second-order valence-corrected chi connectivity index (χ2v) is 5.77. The highest BCUT2D eigenvalue weighted by molar-refractivity contribution is 5.96. The number of carbonyl (C=O) groups is 1. The Morgan fingerprint density at radius 3 is 2.92 bits per heavy atom. The van der Waals surface area contributed by atoms with Crippen molar-refractivity contribution in [2.24, 2.45) is 0 Å². The van der Waals surface area contributed by atoms with Gasteiger partial charge in [-0.2, -0.15) is 0 Å². The van der Waals surface area contributed by atoms with Crippen LogP contribution >= 0.6 is 0 Å². The molecule has 1 fully saturated rings. The summed E-state index contributed by atoms with van der Waals surface area (Å²) in [5, 5.41) is 3.00. The van der Waals surface area contributed by atoms with Crippen molar-refractivity contribution in [2.45, 2.75) is 25.8 Å². The minimum Gasteiger partial charge on any atom is -0.477 e. The second-order valence-electron chi connectivity index (χ2n) is 5.77. The summed E-state index contributed by atoms with van der Waals surface area (Å²) in [5.41, 5.74) is 0.457. The van der Waals surface area contributed by atoms with Gasteiger partial charge in [0.1, 0.15) is 11.3 Å².